The Morgan fingerprint density at radius 2 is 1.14 bits per heavy atom. The maximum atomic E-state index is 8.41. The van der Waals surface area contributed by atoms with E-state index in [-0.39, 0.29) is 6.15 Å². The number of quaternary nitrogens is 1. The SMILES string of the molecule is OCl.[NH4+].[O-][Cl+2]([O-])[O-]. The summed E-state index contributed by atoms with van der Waals surface area (Å²) in [5.74, 6) is 0. The molecule has 0 amide bonds. The number of rotatable bonds is 0. The highest BCUT2D eigenvalue weighted by molar-refractivity contribution is 6.04. The summed E-state index contributed by atoms with van der Waals surface area (Å²) in [7, 11) is -2.85. The van der Waals surface area contributed by atoms with Crippen molar-refractivity contribution in [2.75, 3.05) is 0 Å². The molecule has 0 heterocycles. The van der Waals surface area contributed by atoms with Crippen molar-refractivity contribution in [1.82, 2.24) is 6.15 Å². The summed E-state index contributed by atoms with van der Waals surface area (Å²) < 4.78 is 31.7. The molecule has 0 spiro atoms. The average Bonchev–Trinajstić information content (AvgIpc) is 1.41. The van der Waals surface area contributed by atoms with Gasteiger partial charge in [0.05, 0.1) is 22.7 Å². The topological polar surface area (TPSA) is 126 Å². The lowest BCUT2D eigenvalue weighted by molar-refractivity contribution is -1.73. The Balaban J connectivity index is -0.0000000480. The van der Waals surface area contributed by atoms with Gasteiger partial charge < -0.3 is 20.1 Å². The van der Waals surface area contributed by atoms with Gasteiger partial charge in [-0.3, -0.25) is 4.66 Å². The lowest BCUT2D eigenvalue weighted by atomic mass is 14.0. The molecule has 0 saturated heterocycles. The third-order valence-corrected chi connectivity index (χ3v) is 0. The Kier molecular flexibility index (Phi) is 36.2. The minimum absolute atomic E-state index is 0. The van der Waals surface area contributed by atoms with Crippen LogP contribution in [0.3, 0.4) is 0 Å². The second kappa shape index (κ2) is 16.2. The first-order valence-corrected chi connectivity index (χ1v) is 1.90. The van der Waals surface area contributed by atoms with E-state index >= 15 is 0 Å². The predicted molar refractivity (Wildman–Crippen MR) is 14.1 cm³/mol. The Morgan fingerprint density at radius 3 is 1.14 bits per heavy atom. The lowest BCUT2D eigenvalue weighted by Crippen LogP contribution is -2.42. The van der Waals surface area contributed by atoms with Crippen LogP contribution in [-0.2, 0) is 0 Å². The fraction of sp³-hybridized carbons (Fsp3) is 0. The molecule has 48 valence electrons. The minimum atomic E-state index is -2.85. The molecule has 0 aliphatic carbocycles. The van der Waals surface area contributed by atoms with Crippen LogP contribution >= 0.6 is 11.9 Å². The highest BCUT2D eigenvalue weighted by atomic mass is 35.6. The van der Waals surface area contributed by atoms with Crippen molar-refractivity contribution in [3.63, 3.8) is 0 Å². The first-order chi connectivity index (χ1) is 2.73. The van der Waals surface area contributed by atoms with E-state index in [0.717, 1.165) is 0 Å². The Morgan fingerprint density at radius 1 is 1.14 bits per heavy atom. The third-order valence-electron chi connectivity index (χ3n) is 0. The van der Waals surface area contributed by atoms with Crippen LogP contribution in [0.25, 0.3) is 0 Å². The highest BCUT2D eigenvalue weighted by Crippen LogP contribution is 1.31. The van der Waals surface area contributed by atoms with Gasteiger partial charge in [0.25, 0.3) is 0 Å². The van der Waals surface area contributed by atoms with Crippen LogP contribution in [0, 0.1) is 10.8 Å². The van der Waals surface area contributed by atoms with E-state index in [2.05, 4.69) is 11.9 Å². The van der Waals surface area contributed by atoms with Crippen molar-refractivity contribution in [2.24, 2.45) is 0 Å². The Hall–Kier alpha value is 0.380. The molecule has 0 aliphatic heterocycles. The fourth-order valence-electron chi connectivity index (χ4n) is 0. The van der Waals surface area contributed by atoms with Gasteiger partial charge in [-0.15, -0.1) is 0 Å². The van der Waals surface area contributed by atoms with E-state index in [4.69, 9.17) is 18.6 Å². The quantitative estimate of drug-likeness (QED) is 0.384. The van der Waals surface area contributed by atoms with E-state index in [1.807, 2.05) is 0 Å². The smallest absolute Gasteiger partial charge is 0.0695 e. The van der Waals surface area contributed by atoms with Crippen molar-refractivity contribution >= 4 is 11.9 Å². The van der Waals surface area contributed by atoms with E-state index < -0.39 is 10.8 Å². The van der Waals surface area contributed by atoms with Crippen molar-refractivity contribution in [2.45, 2.75) is 0 Å². The standard InChI is InChI=1S/ClO3.ClHO.H3N/c2-1(3)4;1-2;/h;2H;1H3/q-1;;/p+1. The maximum Gasteiger partial charge on any atom is 0.0695 e. The second-order valence-electron chi connectivity index (χ2n) is 0.189. The summed E-state index contributed by atoms with van der Waals surface area (Å²) >= 11 is 3.64. The summed E-state index contributed by atoms with van der Waals surface area (Å²) in [5.41, 5.74) is 0. The Labute approximate surface area is 48.3 Å². The molecule has 0 aliphatic rings. The van der Waals surface area contributed by atoms with Gasteiger partial charge in [-0.2, -0.15) is 0 Å². The number of hydrogen-bond acceptors (Lipinski definition) is 4. The van der Waals surface area contributed by atoms with Gasteiger partial charge in [0.15, 0.2) is 0 Å². The molecule has 0 atom stereocenters. The van der Waals surface area contributed by atoms with Crippen LogP contribution in [0.1, 0.15) is 0 Å². The van der Waals surface area contributed by atoms with Crippen molar-refractivity contribution in [3.8, 4) is 0 Å². The normalized spacial score (nSPS) is 6.00. The second-order valence-corrected chi connectivity index (χ2v) is 0.567. The lowest BCUT2D eigenvalue weighted by Gasteiger charge is -1.89. The molecule has 0 unspecified atom stereocenters. The van der Waals surface area contributed by atoms with E-state index in [1.54, 1.807) is 0 Å². The summed E-state index contributed by atoms with van der Waals surface area (Å²) in [6.07, 6.45) is 0. The molecular weight excluding hydrogens is 149 g/mol. The number of halogens is 2. The molecule has 7 heavy (non-hydrogen) atoms. The molecule has 0 fully saturated rings. The van der Waals surface area contributed by atoms with Gasteiger partial charge >= 0.3 is 0 Å². The summed E-state index contributed by atoms with van der Waals surface area (Å²) in [6.45, 7) is 0. The summed E-state index contributed by atoms with van der Waals surface area (Å²) in [5, 5.41) is 0. The van der Waals surface area contributed by atoms with Gasteiger partial charge in [0, 0.05) is 0 Å². The molecule has 0 rings (SSSR count). The van der Waals surface area contributed by atoms with Gasteiger partial charge in [0.2, 0.25) is 0 Å². The molecule has 7 heteroatoms. The molecule has 0 aromatic carbocycles. The minimum Gasteiger partial charge on any atom is -0.369 e. The van der Waals surface area contributed by atoms with Crippen LogP contribution in [0.4, 0.5) is 0 Å². The maximum absolute atomic E-state index is 8.41. The molecule has 0 aromatic rings. The third kappa shape index (κ3) is 848. The zero-order chi connectivity index (χ0) is 5.58. The van der Waals surface area contributed by atoms with Gasteiger partial charge in [-0.1, -0.05) is 0 Å². The van der Waals surface area contributed by atoms with Crippen molar-refractivity contribution in [1.29, 1.82) is 0 Å². The first-order valence-electron chi connectivity index (χ1n) is 0.632. The Bertz CT molecular complexity index is 14.4. The molecular formula is H5Cl2NO4. The van der Waals surface area contributed by atoms with Gasteiger partial charge in [-0.05, 0) is 0 Å². The summed E-state index contributed by atoms with van der Waals surface area (Å²) in [4.78, 5) is 0. The predicted octanol–water partition coefficient (Wildman–Crippen LogP) is -3.06. The zero-order valence-corrected chi connectivity index (χ0v) is 4.94. The highest BCUT2D eigenvalue weighted by Gasteiger charge is 1.60. The summed E-state index contributed by atoms with van der Waals surface area (Å²) in [6, 6.07) is 0. The van der Waals surface area contributed by atoms with Crippen LogP contribution in [0.2, 0.25) is 0 Å². The van der Waals surface area contributed by atoms with E-state index in [0.29, 0.717) is 0 Å². The first kappa shape index (κ1) is 15.7. The van der Waals surface area contributed by atoms with Gasteiger partial charge in [-0.25, -0.2) is 0 Å². The zero-order valence-electron chi connectivity index (χ0n) is 3.43. The van der Waals surface area contributed by atoms with Crippen LogP contribution in [-0.4, -0.2) is 4.66 Å². The van der Waals surface area contributed by atoms with Crippen molar-refractivity contribution in [3.05, 3.63) is 0 Å². The van der Waals surface area contributed by atoms with Crippen LogP contribution in [0.5, 0.6) is 0 Å². The molecule has 5 nitrogen and oxygen atoms in total. The van der Waals surface area contributed by atoms with Crippen LogP contribution in [0.15, 0.2) is 0 Å². The largest absolute Gasteiger partial charge is 0.369 e. The molecule has 5 N–H and O–H groups in total. The number of hydrogen-bond donors (Lipinski definition) is 2. The monoisotopic (exact) mass is 153 g/mol. The van der Waals surface area contributed by atoms with Gasteiger partial charge in [0.1, 0.15) is 0 Å². The van der Waals surface area contributed by atoms with Crippen LogP contribution < -0.4 is 20.1 Å². The van der Waals surface area contributed by atoms with E-state index in [9.17, 15) is 0 Å². The van der Waals surface area contributed by atoms with E-state index in [1.165, 1.54) is 0 Å². The molecule has 0 radical (unpaired) electrons. The molecule has 0 saturated carbocycles. The fourth-order valence-corrected chi connectivity index (χ4v) is 0. The molecule has 0 bridgehead atoms. The average molecular weight is 154 g/mol. The van der Waals surface area contributed by atoms with Crippen molar-refractivity contribution < 1.29 is 29.4 Å². The molecule has 0 aromatic heterocycles.